The minimum absolute atomic E-state index is 0.132. The fourth-order valence-electron chi connectivity index (χ4n) is 2.31. The molecule has 0 unspecified atom stereocenters. The molecular weight excluding hydrogens is 204 g/mol. The van der Waals surface area contributed by atoms with Gasteiger partial charge in [-0.3, -0.25) is 4.79 Å². The van der Waals surface area contributed by atoms with Crippen LogP contribution in [0.15, 0.2) is 18.2 Å². The number of hydrogen-bond acceptors (Lipinski definition) is 3. The Kier molecular flexibility index (Phi) is 3.13. The number of carbonyl (C=O) groups is 1. The van der Waals surface area contributed by atoms with E-state index in [1.54, 1.807) is 6.07 Å². The van der Waals surface area contributed by atoms with Crippen LogP contribution >= 0.6 is 0 Å². The molecule has 0 bridgehead atoms. The van der Waals surface area contributed by atoms with Crippen molar-refractivity contribution < 1.29 is 14.6 Å². The molecule has 2 rings (SSSR count). The van der Waals surface area contributed by atoms with Crippen LogP contribution in [0.25, 0.3) is 0 Å². The molecule has 1 aromatic rings. The average molecular weight is 220 g/mol. The van der Waals surface area contributed by atoms with Crippen molar-refractivity contribution in [3.05, 3.63) is 29.3 Å². The summed E-state index contributed by atoms with van der Waals surface area (Å²) in [5.41, 5.74) is 2.46. The quantitative estimate of drug-likeness (QED) is 0.776. The van der Waals surface area contributed by atoms with Crippen molar-refractivity contribution in [1.29, 1.82) is 0 Å². The largest absolute Gasteiger partial charge is 0.508 e. The summed E-state index contributed by atoms with van der Waals surface area (Å²) in [4.78, 5) is 11.2. The molecule has 0 amide bonds. The fraction of sp³-hybridized carbons (Fsp3) is 0.462. The highest BCUT2D eigenvalue weighted by Gasteiger charge is 2.21. The molecule has 0 fully saturated rings. The Morgan fingerprint density at radius 1 is 1.50 bits per heavy atom. The summed E-state index contributed by atoms with van der Waals surface area (Å²) in [6, 6.07) is 5.48. The van der Waals surface area contributed by atoms with Gasteiger partial charge in [-0.25, -0.2) is 0 Å². The zero-order chi connectivity index (χ0) is 11.5. The summed E-state index contributed by atoms with van der Waals surface area (Å²) in [5, 5.41) is 9.36. The minimum Gasteiger partial charge on any atom is -0.508 e. The number of phenolic OH excluding ortho intramolecular Hbond substituents is 1. The maximum atomic E-state index is 11.2. The molecule has 0 aliphatic heterocycles. The number of phenols is 1. The maximum absolute atomic E-state index is 11.2. The molecule has 16 heavy (non-hydrogen) atoms. The molecule has 1 atom stereocenters. The number of benzene rings is 1. The first kappa shape index (κ1) is 11.0. The molecular formula is C13H16O3. The smallest absolute Gasteiger partial charge is 0.305 e. The van der Waals surface area contributed by atoms with Crippen LogP contribution in [0.5, 0.6) is 5.75 Å². The van der Waals surface area contributed by atoms with Crippen LogP contribution in [-0.4, -0.2) is 18.2 Å². The SMILES string of the molecule is COC(=O)C[C@H]1CCc2cc(O)ccc2C1. The van der Waals surface area contributed by atoms with Crippen molar-refractivity contribution >= 4 is 5.97 Å². The molecule has 1 N–H and O–H groups in total. The fourth-order valence-corrected chi connectivity index (χ4v) is 2.31. The van der Waals surface area contributed by atoms with E-state index >= 15 is 0 Å². The summed E-state index contributed by atoms with van der Waals surface area (Å²) in [5.74, 6) is 0.571. The molecule has 0 saturated carbocycles. The number of rotatable bonds is 2. The van der Waals surface area contributed by atoms with Gasteiger partial charge in [0.15, 0.2) is 0 Å². The third-order valence-corrected chi connectivity index (χ3v) is 3.20. The zero-order valence-electron chi connectivity index (χ0n) is 9.40. The highest BCUT2D eigenvalue weighted by Crippen LogP contribution is 2.29. The molecule has 3 nitrogen and oxygen atoms in total. The number of ether oxygens (including phenoxy) is 1. The van der Waals surface area contributed by atoms with Gasteiger partial charge >= 0.3 is 5.97 Å². The Morgan fingerprint density at radius 3 is 3.06 bits per heavy atom. The molecule has 1 aromatic carbocycles. The number of carbonyl (C=O) groups excluding carboxylic acids is 1. The number of aryl methyl sites for hydroxylation is 1. The van der Waals surface area contributed by atoms with Crippen molar-refractivity contribution in [3.63, 3.8) is 0 Å². The van der Waals surface area contributed by atoms with E-state index in [1.807, 2.05) is 12.1 Å². The summed E-state index contributed by atoms with van der Waals surface area (Å²) in [6.07, 6.45) is 3.33. The molecule has 3 heteroatoms. The van der Waals surface area contributed by atoms with Crippen LogP contribution < -0.4 is 0 Å². The molecule has 0 aromatic heterocycles. The maximum Gasteiger partial charge on any atom is 0.305 e. The van der Waals surface area contributed by atoms with E-state index in [2.05, 4.69) is 4.74 Å². The van der Waals surface area contributed by atoms with E-state index in [0.717, 1.165) is 19.3 Å². The second kappa shape index (κ2) is 4.56. The Labute approximate surface area is 95.0 Å². The lowest BCUT2D eigenvalue weighted by atomic mass is 9.82. The van der Waals surface area contributed by atoms with E-state index in [-0.39, 0.29) is 5.97 Å². The van der Waals surface area contributed by atoms with Crippen LogP contribution in [0.2, 0.25) is 0 Å². The molecule has 1 aliphatic carbocycles. The monoisotopic (exact) mass is 220 g/mol. The van der Waals surface area contributed by atoms with Crippen LogP contribution in [-0.2, 0) is 22.4 Å². The summed E-state index contributed by atoms with van der Waals surface area (Å²) in [7, 11) is 1.43. The lowest BCUT2D eigenvalue weighted by Crippen LogP contribution is -2.18. The number of fused-ring (bicyclic) bond motifs is 1. The Morgan fingerprint density at radius 2 is 2.31 bits per heavy atom. The second-order valence-corrected chi connectivity index (χ2v) is 4.34. The number of aromatic hydroxyl groups is 1. The first-order valence-corrected chi connectivity index (χ1v) is 5.56. The van der Waals surface area contributed by atoms with Gasteiger partial charge < -0.3 is 9.84 Å². The van der Waals surface area contributed by atoms with Gasteiger partial charge in [-0.2, -0.15) is 0 Å². The average Bonchev–Trinajstić information content (AvgIpc) is 2.29. The summed E-state index contributed by atoms with van der Waals surface area (Å²) >= 11 is 0. The molecule has 0 spiro atoms. The Balaban J connectivity index is 2.06. The lowest BCUT2D eigenvalue weighted by molar-refractivity contribution is -0.141. The zero-order valence-corrected chi connectivity index (χ0v) is 9.40. The number of esters is 1. The van der Waals surface area contributed by atoms with Crippen LogP contribution in [0.3, 0.4) is 0 Å². The predicted octanol–water partition coefficient (Wildman–Crippen LogP) is 2.06. The van der Waals surface area contributed by atoms with Crippen molar-refractivity contribution in [1.82, 2.24) is 0 Å². The van der Waals surface area contributed by atoms with Crippen LogP contribution in [0.1, 0.15) is 24.0 Å². The van der Waals surface area contributed by atoms with E-state index in [0.29, 0.717) is 18.1 Å². The first-order valence-electron chi connectivity index (χ1n) is 5.56. The van der Waals surface area contributed by atoms with Crippen molar-refractivity contribution in [2.24, 2.45) is 5.92 Å². The highest BCUT2D eigenvalue weighted by atomic mass is 16.5. The van der Waals surface area contributed by atoms with Gasteiger partial charge in [-0.05, 0) is 48.4 Å². The third kappa shape index (κ3) is 2.35. The normalized spacial score (nSPS) is 18.9. The van der Waals surface area contributed by atoms with Gasteiger partial charge in [0.05, 0.1) is 7.11 Å². The van der Waals surface area contributed by atoms with Crippen molar-refractivity contribution in [3.8, 4) is 5.75 Å². The van der Waals surface area contributed by atoms with E-state index in [1.165, 1.54) is 18.2 Å². The van der Waals surface area contributed by atoms with Crippen molar-refractivity contribution in [2.45, 2.75) is 25.7 Å². The molecule has 0 heterocycles. The number of hydrogen-bond donors (Lipinski definition) is 1. The van der Waals surface area contributed by atoms with Gasteiger partial charge in [-0.15, -0.1) is 0 Å². The Bertz CT molecular complexity index is 398. The second-order valence-electron chi connectivity index (χ2n) is 4.34. The summed E-state index contributed by atoms with van der Waals surface area (Å²) in [6.45, 7) is 0. The lowest BCUT2D eigenvalue weighted by Gasteiger charge is -2.23. The topological polar surface area (TPSA) is 46.5 Å². The van der Waals surface area contributed by atoms with E-state index in [4.69, 9.17) is 0 Å². The van der Waals surface area contributed by atoms with Crippen LogP contribution in [0, 0.1) is 5.92 Å². The predicted molar refractivity (Wildman–Crippen MR) is 60.3 cm³/mol. The minimum atomic E-state index is -0.132. The van der Waals surface area contributed by atoms with Gasteiger partial charge in [0, 0.05) is 6.42 Å². The number of methoxy groups -OCH3 is 1. The Hall–Kier alpha value is -1.51. The van der Waals surface area contributed by atoms with Gasteiger partial charge in [0.2, 0.25) is 0 Å². The van der Waals surface area contributed by atoms with Gasteiger partial charge in [0.25, 0.3) is 0 Å². The summed E-state index contributed by atoms with van der Waals surface area (Å²) < 4.78 is 4.68. The van der Waals surface area contributed by atoms with Crippen LogP contribution in [0.4, 0.5) is 0 Å². The molecule has 0 radical (unpaired) electrons. The van der Waals surface area contributed by atoms with Gasteiger partial charge in [0.1, 0.15) is 5.75 Å². The molecule has 86 valence electrons. The standard InChI is InChI=1S/C13H16O3/c1-16-13(15)7-9-2-3-11-8-12(14)5-4-10(11)6-9/h4-5,8-9,14H,2-3,6-7H2,1H3/t9-/m0/s1. The molecule has 1 aliphatic rings. The third-order valence-electron chi connectivity index (χ3n) is 3.20. The van der Waals surface area contributed by atoms with E-state index < -0.39 is 0 Å². The molecule has 0 saturated heterocycles. The highest BCUT2D eigenvalue weighted by molar-refractivity contribution is 5.69. The van der Waals surface area contributed by atoms with E-state index in [9.17, 15) is 9.90 Å². The van der Waals surface area contributed by atoms with Crippen molar-refractivity contribution in [2.75, 3.05) is 7.11 Å². The van der Waals surface area contributed by atoms with Gasteiger partial charge in [-0.1, -0.05) is 6.07 Å². The first-order chi connectivity index (χ1) is 7.69.